The van der Waals surface area contributed by atoms with E-state index >= 15 is 0 Å². The van der Waals surface area contributed by atoms with Crippen molar-refractivity contribution in [3.63, 3.8) is 0 Å². The van der Waals surface area contributed by atoms with Gasteiger partial charge in [0.2, 0.25) is 0 Å². The number of carbonyl (C=O) groups is 2. The first kappa shape index (κ1) is 24.0. The van der Waals surface area contributed by atoms with Crippen molar-refractivity contribution in [2.75, 3.05) is 32.1 Å². The fraction of sp³-hybridized carbons (Fsp3) is 0.478. The average Bonchev–Trinajstić information content (AvgIpc) is 2.75. The number of benzene rings is 1. The molecule has 0 bridgehead atoms. The molecule has 1 amide bonds. The molecule has 9 N–H and O–H groups in total. The van der Waals surface area contributed by atoms with Gasteiger partial charge in [0.05, 0.1) is 23.8 Å². The van der Waals surface area contributed by atoms with E-state index in [0.717, 1.165) is 0 Å². The zero-order valence-electron chi connectivity index (χ0n) is 18.8. The Morgan fingerprint density at radius 3 is 2.53 bits per heavy atom. The molecule has 184 valence electrons. The Balaban J connectivity index is 1.93. The highest BCUT2D eigenvalue weighted by Crippen LogP contribution is 2.53. The fourth-order valence-corrected chi connectivity index (χ4v) is 5.71. The first-order valence-corrected chi connectivity index (χ1v) is 10.9. The Morgan fingerprint density at radius 1 is 1.26 bits per heavy atom. The van der Waals surface area contributed by atoms with Crippen LogP contribution in [0.4, 0.5) is 5.69 Å². The van der Waals surface area contributed by atoms with Crippen LogP contribution in [0.2, 0.25) is 0 Å². The van der Waals surface area contributed by atoms with Crippen molar-refractivity contribution in [3.8, 4) is 5.75 Å². The zero-order chi connectivity index (χ0) is 25.1. The number of primary amides is 1. The van der Waals surface area contributed by atoms with Crippen LogP contribution < -0.4 is 16.0 Å². The second-order valence-corrected chi connectivity index (χ2v) is 9.23. The van der Waals surface area contributed by atoms with Gasteiger partial charge in [0.1, 0.15) is 23.4 Å². The lowest BCUT2D eigenvalue weighted by molar-refractivity contribution is -0.137. The molecule has 0 aliphatic heterocycles. The average molecular weight is 475 g/mol. The van der Waals surface area contributed by atoms with Gasteiger partial charge in [-0.25, -0.2) is 0 Å². The van der Waals surface area contributed by atoms with Crippen LogP contribution in [0.15, 0.2) is 34.8 Å². The first-order valence-electron chi connectivity index (χ1n) is 10.9. The molecule has 1 aromatic rings. The van der Waals surface area contributed by atoms with E-state index in [1.54, 1.807) is 25.1 Å². The van der Waals surface area contributed by atoms with E-state index < -0.39 is 58.4 Å². The number of aromatic hydroxyl groups is 1. The highest BCUT2D eigenvalue weighted by atomic mass is 16.4. The van der Waals surface area contributed by atoms with E-state index in [9.17, 15) is 40.2 Å². The van der Waals surface area contributed by atoms with Gasteiger partial charge in [0, 0.05) is 37.8 Å². The number of allylic oxidation sites excluding steroid dienone is 1. The van der Waals surface area contributed by atoms with Crippen LogP contribution in [0.1, 0.15) is 22.3 Å². The van der Waals surface area contributed by atoms with E-state index in [1.165, 1.54) is 6.07 Å². The molecule has 3 aliphatic rings. The summed E-state index contributed by atoms with van der Waals surface area (Å²) in [4.78, 5) is 27.3. The number of aliphatic hydroxyl groups excluding tert-OH is 4. The Kier molecular flexibility index (Phi) is 5.85. The summed E-state index contributed by atoms with van der Waals surface area (Å²) in [5.41, 5.74) is 3.26. The van der Waals surface area contributed by atoms with Gasteiger partial charge in [0.25, 0.3) is 5.91 Å². The number of aliphatic hydroxyl groups is 5. The monoisotopic (exact) mass is 475 g/mol. The molecule has 0 spiro atoms. The third kappa shape index (κ3) is 3.19. The Labute approximate surface area is 195 Å². The maximum absolute atomic E-state index is 13.5. The van der Waals surface area contributed by atoms with Crippen molar-refractivity contribution in [1.29, 1.82) is 0 Å². The number of phenols is 1. The minimum Gasteiger partial charge on any atom is -0.510 e. The van der Waals surface area contributed by atoms with Crippen LogP contribution in [-0.2, 0) is 11.2 Å². The van der Waals surface area contributed by atoms with Crippen molar-refractivity contribution in [2.24, 2.45) is 17.6 Å². The minimum absolute atomic E-state index is 0.000168. The molecule has 3 aliphatic carbocycles. The molecule has 1 aromatic carbocycles. The molecule has 0 saturated heterocycles. The van der Waals surface area contributed by atoms with E-state index in [0.29, 0.717) is 11.3 Å². The van der Waals surface area contributed by atoms with Gasteiger partial charge < -0.3 is 46.6 Å². The van der Waals surface area contributed by atoms with E-state index in [2.05, 4.69) is 5.32 Å². The van der Waals surface area contributed by atoms with Gasteiger partial charge in [-0.15, -0.1) is 0 Å². The predicted octanol–water partition coefficient (Wildman–Crippen LogP) is -1.00. The number of nitrogens with zero attached hydrogens (tertiary/aromatic N) is 1. The number of phenolic OH excluding ortho intramolecular Hbond substituents is 1. The van der Waals surface area contributed by atoms with Crippen LogP contribution in [0.5, 0.6) is 5.75 Å². The minimum atomic E-state index is -2.52. The summed E-state index contributed by atoms with van der Waals surface area (Å²) in [5, 5.41) is 67.1. The number of nitrogens with one attached hydrogen (secondary N) is 1. The quantitative estimate of drug-likeness (QED) is 0.261. The van der Waals surface area contributed by atoms with Crippen LogP contribution in [-0.4, -0.2) is 87.3 Å². The Morgan fingerprint density at radius 2 is 1.94 bits per heavy atom. The number of carbonyl (C=O) groups excluding carboxylic acids is 2. The van der Waals surface area contributed by atoms with Crippen LogP contribution in [0.3, 0.4) is 0 Å². The molecule has 11 nitrogen and oxygen atoms in total. The molecule has 11 heteroatoms. The second kappa shape index (κ2) is 8.27. The molecular weight excluding hydrogens is 446 g/mol. The third-order valence-electron chi connectivity index (χ3n) is 7.22. The summed E-state index contributed by atoms with van der Waals surface area (Å²) in [6.45, 7) is -0.344. The van der Waals surface area contributed by atoms with Gasteiger partial charge in [-0.1, -0.05) is 0 Å². The standard InChI is InChI=1S/C23H29N3O8/c1-26(2)12-3-4-13(28)15-10(12)7-9-8-11-17(25-5-6-27)19(30)16(22(24)33)21(32)23(11,34)20(31)14(9)18(15)29/h3-4,9,11,17,21,25,27-28,30-32,34H,5-8H2,1-2H3,(H2,24,33)/t9-,11-,17+,21?,23-/m0/s1. The topological polar surface area (TPSA) is 197 Å². The highest BCUT2D eigenvalue weighted by Gasteiger charge is 2.62. The van der Waals surface area contributed by atoms with Gasteiger partial charge in [-0.2, -0.15) is 0 Å². The number of anilines is 1. The van der Waals surface area contributed by atoms with Gasteiger partial charge >= 0.3 is 0 Å². The molecule has 34 heavy (non-hydrogen) atoms. The van der Waals surface area contributed by atoms with E-state index in [1.807, 2.05) is 0 Å². The molecule has 0 radical (unpaired) electrons. The molecule has 0 heterocycles. The highest BCUT2D eigenvalue weighted by molar-refractivity contribution is 6.14. The number of nitrogens with two attached hydrogens (primary N) is 1. The zero-order valence-corrected chi connectivity index (χ0v) is 18.8. The number of hydrogen-bond donors (Lipinski definition) is 8. The SMILES string of the molecule is CN(C)c1ccc(O)c2c1C[C@H]1C[C@H]3[C@@H](NCCO)C(O)=C(C(N)=O)C(O)[C@@]3(O)C(O)=C1C2=O. The summed E-state index contributed by atoms with van der Waals surface area (Å²) in [7, 11) is 3.58. The maximum Gasteiger partial charge on any atom is 0.250 e. The van der Waals surface area contributed by atoms with Crippen LogP contribution >= 0.6 is 0 Å². The molecule has 0 aromatic heterocycles. The molecule has 4 rings (SSSR count). The smallest absolute Gasteiger partial charge is 0.250 e. The summed E-state index contributed by atoms with van der Waals surface area (Å²) >= 11 is 0. The predicted molar refractivity (Wildman–Crippen MR) is 120 cm³/mol. The number of rotatable bonds is 5. The molecular formula is C23H29N3O8. The fourth-order valence-electron chi connectivity index (χ4n) is 5.71. The summed E-state index contributed by atoms with van der Waals surface area (Å²) in [6, 6.07) is 1.92. The lowest BCUT2D eigenvalue weighted by Gasteiger charge is -2.52. The number of hydrogen-bond acceptors (Lipinski definition) is 10. The summed E-state index contributed by atoms with van der Waals surface area (Å²) in [6.07, 6.45) is -1.82. The van der Waals surface area contributed by atoms with Crippen molar-refractivity contribution in [2.45, 2.75) is 30.6 Å². The molecule has 0 fully saturated rings. The Hall–Kier alpha value is -3.12. The molecule has 5 atom stereocenters. The molecule has 1 unspecified atom stereocenters. The van der Waals surface area contributed by atoms with Crippen molar-refractivity contribution in [1.82, 2.24) is 5.32 Å². The maximum atomic E-state index is 13.5. The van der Waals surface area contributed by atoms with E-state index in [-0.39, 0.29) is 42.9 Å². The number of amides is 1. The third-order valence-corrected chi connectivity index (χ3v) is 7.22. The number of fused-ring (bicyclic) bond motifs is 3. The lowest BCUT2D eigenvalue weighted by atomic mass is 9.58. The summed E-state index contributed by atoms with van der Waals surface area (Å²) in [5.74, 6) is -5.27. The van der Waals surface area contributed by atoms with Gasteiger partial charge in [-0.3, -0.25) is 9.59 Å². The largest absolute Gasteiger partial charge is 0.510 e. The second-order valence-electron chi connectivity index (χ2n) is 9.23. The number of Topliss-reactive ketones (excluding diaryl/α,β-unsaturated/α-hetero) is 1. The van der Waals surface area contributed by atoms with Gasteiger partial charge in [0.15, 0.2) is 11.4 Å². The first-order chi connectivity index (χ1) is 16.0. The lowest BCUT2D eigenvalue weighted by Crippen LogP contribution is -2.65. The van der Waals surface area contributed by atoms with Crippen LogP contribution in [0.25, 0.3) is 0 Å². The van der Waals surface area contributed by atoms with E-state index in [4.69, 9.17) is 5.73 Å². The summed E-state index contributed by atoms with van der Waals surface area (Å²) < 4.78 is 0. The number of ketones is 1. The van der Waals surface area contributed by atoms with Gasteiger partial charge in [-0.05, 0) is 36.5 Å². The van der Waals surface area contributed by atoms with Crippen molar-refractivity contribution < 1.29 is 40.2 Å². The van der Waals surface area contributed by atoms with Crippen molar-refractivity contribution >= 4 is 17.4 Å². The van der Waals surface area contributed by atoms with Crippen molar-refractivity contribution in [3.05, 3.63) is 45.9 Å². The normalized spacial score (nSPS) is 30.6. The molecule has 0 saturated carbocycles. The van der Waals surface area contributed by atoms with Crippen LogP contribution in [0, 0.1) is 11.8 Å². The Bertz CT molecular complexity index is 1130.